The molecule has 1 unspecified atom stereocenters. The van der Waals surface area contributed by atoms with Crippen LogP contribution in [-0.4, -0.2) is 36.5 Å². The lowest BCUT2D eigenvalue weighted by Gasteiger charge is -2.23. The standard InChI is InChI=1S/C15H28N2OS/c1-12(2)8-16-9-15-14(6-7-18-15)10-17(4)13(3)11-19-5/h6-7,12-13,16H,8-11H2,1-5H3. The van der Waals surface area contributed by atoms with E-state index in [1.165, 1.54) is 5.56 Å². The maximum Gasteiger partial charge on any atom is 0.122 e. The van der Waals surface area contributed by atoms with E-state index >= 15 is 0 Å². The molecule has 0 bridgehead atoms. The smallest absolute Gasteiger partial charge is 0.122 e. The van der Waals surface area contributed by atoms with Crippen molar-refractivity contribution in [1.29, 1.82) is 0 Å². The fraction of sp³-hybridized carbons (Fsp3) is 0.733. The van der Waals surface area contributed by atoms with Crippen LogP contribution in [0.1, 0.15) is 32.1 Å². The van der Waals surface area contributed by atoms with Gasteiger partial charge in [-0.15, -0.1) is 0 Å². The molecule has 3 nitrogen and oxygen atoms in total. The van der Waals surface area contributed by atoms with Gasteiger partial charge < -0.3 is 9.73 Å². The van der Waals surface area contributed by atoms with Crippen molar-refractivity contribution in [3.8, 4) is 0 Å². The molecule has 1 atom stereocenters. The lowest BCUT2D eigenvalue weighted by Crippen LogP contribution is -2.31. The van der Waals surface area contributed by atoms with Crippen LogP contribution in [-0.2, 0) is 13.1 Å². The highest BCUT2D eigenvalue weighted by molar-refractivity contribution is 7.98. The zero-order valence-corrected chi connectivity index (χ0v) is 13.7. The molecular formula is C15H28N2OS. The molecule has 1 heterocycles. The predicted octanol–water partition coefficient (Wildman–Crippen LogP) is 3.21. The normalized spacial score (nSPS) is 13.4. The first-order chi connectivity index (χ1) is 9.04. The SMILES string of the molecule is CSCC(C)N(C)Cc1ccoc1CNCC(C)C. The van der Waals surface area contributed by atoms with Gasteiger partial charge in [0, 0.05) is 23.9 Å². The molecule has 0 aliphatic carbocycles. The third kappa shape index (κ3) is 6.02. The van der Waals surface area contributed by atoms with Gasteiger partial charge in [-0.3, -0.25) is 4.90 Å². The van der Waals surface area contributed by atoms with Crippen LogP contribution in [0.2, 0.25) is 0 Å². The van der Waals surface area contributed by atoms with Gasteiger partial charge in [0.15, 0.2) is 0 Å². The lowest BCUT2D eigenvalue weighted by molar-refractivity contribution is 0.267. The molecule has 1 aromatic rings. The van der Waals surface area contributed by atoms with Crippen LogP contribution in [0.25, 0.3) is 0 Å². The van der Waals surface area contributed by atoms with Gasteiger partial charge in [-0.25, -0.2) is 0 Å². The summed E-state index contributed by atoms with van der Waals surface area (Å²) >= 11 is 1.89. The van der Waals surface area contributed by atoms with Gasteiger partial charge in [-0.2, -0.15) is 11.8 Å². The summed E-state index contributed by atoms with van der Waals surface area (Å²) in [6, 6.07) is 2.68. The first-order valence-corrected chi connectivity index (χ1v) is 8.39. The topological polar surface area (TPSA) is 28.4 Å². The van der Waals surface area contributed by atoms with Gasteiger partial charge in [-0.05, 0) is 38.8 Å². The molecule has 0 aliphatic heterocycles. The van der Waals surface area contributed by atoms with Gasteiger partial charge in [0.2, 0.25) is 0 Å². The van der Waals surface area contributed by atoms with E-state index in [1.54, 1.807) is 6.26 Å². The molecule has 0 amide bonds. The van der Waals surface area contributed by atoms with Crippen LogP contribution < -0.4 is 5.32 Å². The van der Waals surface area contributed by atoms with Crippen molar-refractivity contribution < 1.29 is 4.42 Å². The van der Waals surface area contributed by atoms with Crippen LogP contribution in [0.4, 0.5) is 0 Å². The molecule has 0 spiro atoms. The van der Waals surface area contributed by atoms with Gasteiger partial charge in [-0.1, -0.05) is 13.8 Å². The second-order valence-electron chi connectivity index (χ2n) is 5.61. The largest absolute Gasteiger partial charge is 0.468 e. The van der Waals surface area contributed by atoms with E-state index in [0.717, 1.165) is 31.1 Å². The summed E-state index contributed by atoms with van der Waals surface area (Å²) in [5, 5.41) is 3.44. The summed E-state index contributed by atoms with van der Waals surface area (Å²) in [4.78, 5) is 2.38. The van der Waals surface area contributed by atoms with Crippen molar-refractivity contribution in [2.75, 3.05) is 25.6 Å². The summed E-state index contributed by atoms with van der Waals surface area (Å²) in [5.41, 5.74) is 1.30. The van der Waals surface area contributed by atoms with E-state index in [0.29, 0.717) is 12.0 Å². The number of rotatable bonds is 9. The first kappa shape index (κ1) is 16.6. The van der Waals surface area contributed by atoms with E-state index in [9.17, 15) is 0 Å². The average molecular weight is 284 g/mol. The third-order valence-corrected chi connectivity index (χ3v) is 4.07. The van der Waals surface area contributed by atoms with Crippen LogP contribution in [0, 0.1) is 5.92 Å². The van der Waals surface area contributed by atoms with E-state index in [-0.39, 0.29) is 0 Å². The molecule has 0 aliphatic rings. The van der Waals surface area contributed by atoms with Gasteiger partial charge in [0.05, 0.1) is 12.8 Å². The number of furan rings is 1. The van der Waals surface area contributed by atoms with E-state index in [4.69, 9.17) is 4.42 Å². The monoisotopic (exact) mass is 284 g/mol. The fourth-order valence-corrected chi connectivity index (χ4v) is 2.67. The summed E-state index contributed by atoms with van der Waals surface area (Å²) < 4.78 is 5.59. The summed E-state index contributed by atoms with van der Waals surface area (Å²) in [7, 11) is 2.18. The molecular weight excluding hydrogens is 256 g/mol. The number of nitrogens with zero attached hydrogens (tertiary/aromatic N) is 1. The number of thioether (sulfide) groups is 1. The van der Waals surface area contributed by atoms with Crippen molar-refractivity contribution >= 4 is 11.8 Å². The maximum atomic E-state index is 5.59. The third-order valence-electron chi connectivity index (χ3n) is 3.26. The number of nitrogens with one attached hydrogen (secondary N) is 1. The Labute approximate surface area is 122 Å². The molecule has 0 saturated heterocycles. The average Bonchev–Trinajstić information content (AvgIpc) is 2.76. The highest BCUT2D eigenvalue weighted by Gasteiger charge is 2.13. The lowest BCUT2D eigenvalue weighted by atomic mass is 10.2. The minimum Gasteiger partial charge on any atom is -0.468 e. The van der Waals surface area contributed by atoms with Crippen molar-refractivity contribution in [3.63, 3.8) is 0 Å². The second kappa shape index (κ2) is 8.67. The van der Waals surface area contributed by atoms with E-state index < -0.39 is 0 Å². The Bertz CT molecular complexity index is 352. The Kier molecular flexibility index (Phi) is 7.57. The second-order valence-corrected chi connectivity index (χ2v) is 6.52. The van der Waals surface area contributed by atoms with Crippen molar-refractivity contribution in [1.82, 2.24) is 10.2 Å². The van der Waals surface area contributed by atoms with Gasteiger partial charge in [0.1, 0.15) is 5.76 Å². The zero-order valence-electron chi connectivity index (χ0n) is 12.9. The summed E-state index contributed by atoms with van der Waals surface area (Å²) in [5.74, 6) is 2.90. The Morgan fingerprint density at radius 2 is 2.11 bits per heavy atom. The van der Waals surface area contributed by atoms with Crippen LogP contribution in [0.5, 0.6) is 0 Å². The number of hydrogen-bond donors (Lipinski definition) is 1. The summed E-state index contributed by atoms with van der Waals surface area (Å²) in [6.07, 6.45) is 3.96. The highest BCUT2D eigenvalue weighted by atomic mass is 32.2. The van der Waals surface area contributed by atoms with E-state index in [2.05, 4.69) is 50.4 Å². The highest BCUT2D eigenvalue weighted by Crippen LogP contribution is 2.15. The summed E-state index contributed by atoms with van der Waals surface area (Å²) in [6.45, 7) is 9.51. The van der Waals surface area contributed by atoms with Crippen molar-refractivity contribution in [2.45, 2.75) is 39.9 Å². The molecule has 1 N–H and O–H groups in total. The van der Waals surface area contributed by atoms with Gasteiger partial charge >= 0.3 is 0 Å². The molecule has 1 rings (SSSR count). The quantitative estimate of drug-likeness (QED) is 0.754. The minimum absolute atomic E-state index is 0.585. The molecule has 0 fully saturated rings. The maximum absolute atomic E-state index is 5.59. The van der Waals surface area contributed by atoms with Crippen LogP contribution in [0.3, 0.4) is 0 Å². The minimum atomic E-state index is 0.585. The first-order valence-electron chi connectivity index (χ1n) is 6.99. The molecule has 0 radical (unpaired) electrons. The van der Waals surface area contributed by atoms with Crippen molar-refractivity contribution in [3.05, 3.63) is 23.7 Å². The molecule has 4 heteroatoms. The Hall–Kier alpha value is -0.450. The predicted molar refractivity (Wildman–Crippen MR) is 84.6 cm³/mol. The Balaban J connectivity index is 2.47. The fourth-order valence-electron chi connectivity index (χ4n) is 1.93. The van der Waals surface area contributed by atoms with Crippen molar-refractivity contribution in [2.24, 2.45) is 5.92 Å². The Morgan fingerprint density at radius 1 is 1.37 bits per heavy atom. The molecule has 0 saturated carbocycles. The van der Waals surface area contributed by atoms with Gasteiger partial charge in [0.25, 0.3) is 0 Å². The number of hydrogen-bond acceptors (Lipinski definition) is 4. The van der Waals surface area contributed by atoms with Crippen LogP contribution >= 0.6 is 11.8 Å². The molecule has 0 aromatic carbocycles. The van der Waals surface area contributed by atoms with E-state index in [1.807, 2.05) is 11.8 Å². The molecule has 110 valence electrons. The van der Waals surface area contributed by atoms with Crippen LogP contribution in [0.15, 0.2) is 16.7 Å². The zero-order chi connectivity index (χ0) is 14.3. The Morgan fingerprint density at radius 3 is 2.74 bits per heavy atom. The molecule has 19 heavy (non-hydrogen) atoms. The molecule has 1 aromatic heterocycles.